The number of nitrogens with zero attached hydrogens (tertiary/aromatic N) is 3. The predicted octanol–water partition coefficient (Wildman–Crippen LogP) is 3.95. The van der Waals surface area contributed by atoms with E-state index in [-0.39, 0.29) is 36.0 Å². The van der Waals surface area contributed by atoms with Crippen molar-refractivity contribution >= 4 is 51.0 Å². The summed E-state index contributed by atoms with van der Waals surface area (Å²) in [7, 11) is 1.28. The number of thioether (sulfide) groups is 1. The first-order valence-corrected chi connectivity index (χ1v) is 12.0. The van der Waals surface area contributed by atoms with E-state index in [4.69, 9.17) is 0 Å². The van der Waals surface area contributed by atoms with Crippen LogP contribution < -0.4 is 10.9 Å². The predicted molar refractivity (Wildman–Crippen MR) is 129 cm³/mol. The zero-order chi connectivity index (χ0) is 24.1. The zero-order valence-corrected chi connectivity index (χ0v) is 19.6. The normalized spacial score (nSPS) is 10.9. The molecule has 4 rings (SSSR count). The number of halogens is 1. The average molecular weight is 499 g/mol. The first-order chi connectivity index (χ1) is 16.4. The Hall–Kier alpha value is -3.57. The molecule has 8 nitrogen and oxygen atoms in total. The molecular weight excluding hydrogens is 479 g/mol. The van der Waals surface area contributed by atoms with Gasteiger partial charge in [0.05, 0.1) is 35.9 Å². The lowest BCUT2D eigenvalue weighted by Crippen LogP contribution is -2.25. The van der Waals surface area contributed by atoms with Crippen molar-refractivity contribution in [3.05, 3.63) is 70.1 Å². The summed E-state index contributed by atoms with van der Waals surface area (Å²) >= 11 is 2.34. The van der Waals surface area contributed by atoms with Crippen molar-refractivity contribution in [1.82, 2.24) is 14.5 Å². The number of hydrogen-bond donors (Lipinski definition) is 1. The van der Waals surface area contributed by atoms with E-state index in [1.165, 1.54) is 35.1 Å². The topological polar surface area (TPSA) is 103 Å². The van der Waals surface area contributed by atoms with E-state index in [1.807, 2.05) is 0 Å². The largest absolute Gasteiger partial charge is 0.469 e. The standard InChI is InChI=1S/C23H19FN4O4S2/c1-32-20(30)10-11-28-21(31)16-4-2-3-5-17(16)26-23(28)34-13-19(29)27-22-25-18(12-33-22)14-6-8-15(24)9-7-14/h2-9,12H,10-11,13H2,1H3,(H,25,27,29). The molecule has 0 saturated heterocycles. The van der Waals surface area contributed by atoms with Gasteiger partial charge in [-0.1, -0.05) is 23.9 Å². The van der Waals surface area contributed by atoms with Crippen LogP contribution in [0.1, 0.15) is 6.42 Å². The quantitative estimate of drug-likeness (QED) is 0.223. The first-order valence-electron chi connectivity index (χ1n) is 10.1. The Balaban J connectivity index is 1.48. The van der Waals surface area contributed by atoms with Crippen molar-refractivity contribution in [2.24, 2.45) is 0 Å². The van der Waals surface area contributed by atoms with Gasteiger partial charge in [0.1, 0.15) is 5.82 Å². The molecule has 11 heteroatoms. The van der Waals surface area contributed by atoms with Crippen molar-refractivity contribution in [2.45, 2.75) is 18.1 Å². The Morgan fingerprint density at radius 1 is 1.15 bits per heavy atom. The van der Waals surface area contributed by atoms with Crippen LogP contribution in [-0.2, 0) is 20.9 Å². The molecule has 0 spiro atoms. The molecule has 2 aromatic carbocycles. The highest BCUT2D eigenvalue weighted by Crippen LogP contribution is 2.25. The maximum Gasteiger partial charge on any atom is 0.307 e. The van der Waals surface area contributed by atoms with Gasteiger partial charge in [-0.25, -0.2) is 14.4 Å². The van der Waals surface area contributed by atoms with Crippen LogP contribution in [0.4, 0.5) is 9.52 Å². The number of ether oxygens (including phenoxy) is 1. The minimum absolute atomic E-state index is 0.00145. The number of hydrogen-bond acceptors (Lipinski definition) is 8. The smallest absolute Gasteiger partial charge is 0.307 e. The highest BCUT2D eigenvalue weighted by atomic mass is 32.2. The number of nitrogens with one attached hydrogen (secondary N) is 1. The summed E-state index contributed by atoms with van der Waals surface area (Å²) in [5.41, 5.74) is 1.58. The van der Waals surface area contributed by atoms with Gasteiger partial charge in [-0.15, -0.1) is 11.3 Å². The zero-order valence-electron chi connectivity index (χ0n) is 18.0. The van der Waals surface area contributed by atoms with Crippen molar-refractivity contribution in [3.63, 3.8) is 0 Å². The van der Waals surface area contributed by atoms with Crippen LogP contribution in [0.3, 0.4) is 0 Å². The number of para-hydroxylation sites is 1. The Morgan fingerprint density at radius 2 is 1.91 bits per heavy atom. The molecule has 0 aliphatic heterocycles. The lowest BCUT2D eigenvalue weighted by Gasteiger charge is -2.12. The van der Waals surface area contributed by atoms with Crippen LogP contribution >= 0.6 is 23.1 Å². The molecule has 1 amide bonds. The molecule has 2 aromatic heterocycles. The van der Waals surface area contributed by atoms with E-state index in [1.54, 1.807) is 41.8 Å². The Kier molecular flexibility index (Phi) is 7.33. The van der Waals surface area contributed by atoms with E-state index in [2.05, 4.69) is 20.0 Å². The number of esters is 1. The number of anilines is 1. The van der Waals surface area contributed by atoms with Crippen LogP contribution in [0.2, 0.25) is 0 Å². The number of fused-ring (bicyclic) bond motifs is 1. The van der Waals surface area contributed by atoms with Gasteiger partial charge in [0.2, 0.25) is 5.91 Å². The summed E-state index contributed by atoms with van der Waals surface area (Å²) in [5.74, 6) is -1.13. The second-order valence-electron chi connectivity index (χ2n) is 7.08. The van der Waals surface area contributed by atoms with Gasteiger partial charge in [-0.3, -0.25) is 19.0 Å². The van der Waals surface area contributed by atoms with Gasteiger partial charge in [0, 0.05) is 17.5 Å². The van der Waals surface area contributed by atoms with Gasteiger partial charge in [0.25, 0.3) is 5.56 Å². The lowest BCUT2D eigenvalue weighted by molar-refractivity contribution is -0.140. The minimum atomic E-state index is -0.450. The molecule has 0 fully saturated rings. The van der Waals surface area contributed by atoms with Gasteiger partial charge < -0.3 is 10.1 Å². The first kappa shape index (κ1) is 23.6. The molecular formula is C23H19FN4O4S2. The van der Waals surface area contributed by atoms with E-state index in [0.717, 1.165) is 17.3 Å². The van der Waals surface area contributed by atoms with E-state index in [0.29, 0.717) is 26.9 Å². The van der Waals surface area contributed by atoms with E-state index < -0.39 is 5.97 Å². The third-order valence-electron chi connectivity index (χ3n) is 4.82. The number of rotatable bonds is 8. The minimum Gasteiger partial charge on any atom is -0.469 e. The summed E-state index contributed by atoms with van der Waals surface area (Å²) in [6, 6.07) is 12.8. The molecule has 0 bridgehead atoms. The van der Waals surface area contributed by atoms with Crippen LogP contribution in [0.15, 0.2) is 63.9 Å². The van der Waals surface area contributed by atoms with Crippen LogP contribution in [-0.4, -0.2) is 39.3 Å². The number of methoxy groups -OCH3 is 1. The number of thiazole rings is 1. The fourth-order valence-electron chi connectivity index (χ4n) is 3.13. The van der Waals surface area contributed by atoms with E-state index in [9.17, 15) is 18.8 Å². The summed E-state index contributed by atoms with van der Waals surface area (Å²) in [6.45, 7) is 0.0841. The molecule has 0 atom stereocenters. The summed E-state index contributed by atoms with van der Waals surface area (Å²) in [4.78, 5) is 46.0. The van der Waals surface area contributed by atoms with Crippen molar-refractivity contribution < 1.29 is 18.7 Å². The number of amides is 1. The molecule has 0 unspecified atom stereocenters. The maximum absolute atomic E-state index is 13.1. The monoisotopic (exact) mass is 498 g/mol. The van der Waals surface area contributed by atoms with Gasteiger partial charge in [-0.05, 0) is 36.4 Å². The highest BCUT2D eigenvalue weighted by Gasteiger charge is 2.15. The van der Waals surface area contributed by atoms with Crippen molar-refractivity contribution in [2.75, 3.05) is 18.2 Å². The SMILES string of the molecule is COC(=O)CCn1c(SCC(=O)Nc2nc(-c3ccc(F)cc3)cs2)nc2ccccc2c1=O. The molecule has 0 aliphatic carbocycles. The molecule has 0 saturated carbocycles. The molecule has 0 radical (unpaired) electrons. The Bertz CT molecular complexity index is 1400. The van der Waals surface area contributed by atoms with Crippen LogP contribution in [0, 0.1) is 5.82 Å². The summed E-state index contributed by atoms with van der Waals surface area (Å²) in [5, 5.41) is 5.66. The fraction of sp³-hybridized carbons (Fsp3) is 0.174. The summed E-state index contributed by atoms with van der Waals surface area (Å²) in [6.07, 6.45) is 0.00145. The van der Waals surface area contributed by atoms with E-state index >= 15 is 0 Å². The molecule has 34 heavy (non-hydrogen) atoms. The number of carbonyl (C=O) groups is 2. The summed E-state index contributed by atoms with van der Waals surface area (Å²) < 4.78 is 19.2. The maximum atomic E-state index is 13.1. The second-order valence-corrected chi connectivity index (χ2v) is 8.88. The molecule has 2 heterocycles. The third-order valence-corrected chi connectivity index (χ3v) is 6.55. The molecule has 174 valence electrons. The van der Waals surface area contributed by atoms with Gasteiger partial charge >= 0.3 is 5.97 Å². The van der Waals surface area contributed by atoms with Crippen LogP contribution in [0.5, 0.6) is 0 Å². The number of carbonyl (C=O) groups excluding carboxylic acids is 2. The molecule has 0 aliphatic rings. The Morgan fingerprint density at radius 3 is 2.68 bits per heavy atom. The highest BCUT2D eigenvalue weighted by molar-refractivity contribution is 7.99. The van der Waals surface area contributed by atoms with Gasteiger partial charge in [-0.2, -0.15) is 0 Å². The molecule has 4 aromatic rings. The average Bonchev–Trinajstić information content (AvgIpc) is 3.30. The third kappa shape index (κ3) is 5.49. The van der Waals surface area contributed by atoms with Crippen molar-refractivity contribution in [1.29, 1.82) is 0 Å². The van der Waals surface area contributed by atoms with Crippen LogP contribution in [0.25, 0.3) is 22.2 Å². The fourth-order valence-corrected chi connectivity index (χ4v) is 4.69. The van der Waals surface area contributed by atoms with Gasteiger partial charge in [0.15, 0.2) is 10.3 Å². The number of benzene rings is 2. The second kappa shape index (κ2) is 10.6. The Labute approximate surface area is 201 Å². The van der Waals surface area contributed by atoms with Crippen molar-refractivity contribution in [3.8, 4) is 11.3 Å². The lowest BCUT2D eigenvalue weighted by atomic mass is 10.2. The number of aromatic nitrogens is 3. The molecule has 1 N–H and O–H groups in total.